The molecule has 2 aromatic rings. The van der Waals surface area contributed by atoms with E-state index >= 15 is 0 Å². The number of nitrogens with zero attached hydrogens (tertiary/aromatic N) is 1. The molecule has 0 aliphatic rings. The monoisotopic (exact) mass is 300 g/mol. The van der Waals surface area contributed by atoms with Gasteiger partial charge >= 0.3 is 0 Å². The third kappa shape index (κ3) is 5.37. The molecule has 0 aliphatic carbocycles. The first-order chi connectivity index (χ1) is 10.6. The normalized spacial score (nSPS) is 13.5. The number of nitrogens with one attached hydrogen (secondary N) is 1. The van der Waals surface area contributed by atoms with Crippen molar-refractivity contribution in [2.75, 3.05) is 0 Å². The molecular weight excluding hydrogens is 276 g/mol. The molecule has 0 radical (unpaired) electrons. The van der Waals surface area contributed by atoms with E-state index in [0.717, 1.165) is 18.5 Å². The topological polar surface area (TPSA) is 54.3 Å². The molecule has 0 spiro atoms. The highest BCUT2D eigenvalue weighted by molar-refractivity contribution is 5.76. The summed E-state index contributed by atoms with van der Waals surface area (Å²) >= 11 is 0. The summed E-state index contributed by atoms with van der Waals surface area (Å²) < 4.78 is 2.06. The zero-order valence-electron chi connectivity index (χ0n) is 13.0. The van der Waals surface area contributed by atoms with Crippen LogP contribution in [0.15, 0.2) is 54.9 Å². The lowest BCUT2D eigenvalue weighted by molar-refractivity contribution is -0.122. The lowest BCUT2D eigenvalue weighted by Gasteiger charge is -2.20. The minimum atomic E-state index is -0.573. The lowest BCUT2D eigenvalue weighted by atomic mass is 10.0. The van der Waals surface area contributed by atoms with Crippen LogP contribution < -0.4 is 5.32 Å². The third-order valence-electron chi connectivity index (χ3n) is 3.74. The molecule has 0 saturated carbocycles. The molecule has 1 aromatic heterocycles. The number of hydrogen-bond donors (Lipinski definition) is 2. The molecule has 0 fully saturated rings. The number of aliphatic hydroxyl groups excluding tert-OH is 1. The van der Waals surface area contributed by atoms with Gasteiger partial charge in [0.15, 0.2) is 0 Å². The Kier molecular flexibility index (Phi) is 6.22. The van der Waals surface area contributed by atoms with Gasteiger partial charge in [0.05, 0.1) is 12.1 Å². The van der Waals surface area contributed by atoms with Gasteiger partial charge in [-0.1, -0.05) is 30.3 Å². The van der Waals surface area contributed by atoms with Crippen LogP contribution in [0.1, 0.15) is 25.3 Å². The zero-order chi connectivity index (χ0) is 15.8. The Bertz CT molecular complexity index is 552. The Morgan fingerprint density at radius 1 is 1.18 bits per heavy atom. The first kappa shape index (κ1) is 16.3. The van der Waals surface area contributed by atoms with Gasteiger partial charge in [0.2, 0.25) is 5.91 Å². The molecule has 118 valence electrons. The van der Waals surface area contributed by atoms with E-state index in [4.69, 9.17) is 0 Å². The molecule has 2 atom stereocenters. The maximum atomic E-state index is 11.9. The highest BCUT2D eigenvalue weighted by atomic mass is 16.3. The predicted octanol–water partition coefficient (Wildman–Crippen LogP) is 2.38. The first-order valence-electron chi connectivity index (χ1n) is 7.77. The van der Waals surface area contributed by atoms with E-state index in [1.165, 1.54) is 0 Å². The van der Waals surface area contributed by atoms with Crippen molar-refractivity contribution in [1.29, 1.82) is 0 Å². The van der Waals surface area contributed by atoms with E-state index in [-0.39, 0.29) is 11.9 Å². The summed E-state index contributed by atoms with van der Waals surface area (Å²) in [6, 6.07) is 13.5. The van der Waals surface area contributed by atoms with Crippen LogP contribution in [0.25, 0.3) is 0 Å². The summed E-state index contributed by atoms with van der Waals surface area (Å²) in [7, 11) is 0. The molecule has 2 rings (SSSR count). The second kappa shape index (κ2) is 8.39. The van der Waals surface area contributed by atoms with Crippen LogP contribution in [-0.2, 0) is 17.8 Å². The van der Waals surface area contributed by atoms with Crippen LogP contribution in [0, 0.1) is 0 Å². The van der Waals surface area contributed by atoms with E-state index in [1.54, 1.807) is 0 Å². The number of hydrogen-bond acceptors (Lipinski definition) is 2. The van der Waals surface area contributed by atoms with Crippen LogP contribution in [0.5, 0.6) is 0 Å². The van der Waals surface area contributed by atoms with Crippen molar-refractivity contribution in [1.82, 2.24) is 9.88 Å². The quantitative estimate of drug-likeness (QED) is 0.786. The number of aliphatic hydroxyl groups is 1. The fourth-order valence-corrected chi connectivity index (χ4v) is 2.40. The molecule has 1 heterocycles. The van der Waals surface area contributed by atoms with Crippen LogP contribution >= 0.6 is 0 Å². The minimum Gasteiger partial charge on any atom is -0.391 e. The van der Waals surface area contributed by atoms with Crippen LogP contribution in [-0.4, -0.2) is 27.7 Å². The molecule has 1 aromatic carbocycles. The number of carbonyl (C=O) groups is 1. The fraction of sp³-hybridized carbons (Fsp3) is 0.389. The molecule has 0 bridgehead atoms. The molecule has 4 nitrogen and oxygen atoms in total. The number of amides is 1. The van der Waals surface area contributed by atoms with Crippen LogP contribution in [0.4, 0.5) is 0 Å². The van der Waals surface area contributed by atoms with Crippen molar-refractivity contribution in [3.63, 3.8) is 0 Å². The molecule has 2 N–H and O–H groups in total. The smallest absolute Gasteiger partial charge is 0.220 e. The van der Waals surface area contributed by atoms with E-state index in [2.05, 4.69) is 9.88 Å². The molecule has 4 heteroatoms. The van der Waals surface area contributed by atoms with E-state index in [0.29, 0.717) is 12.8 Å². The predicted molar refractivity (Wildman–Crippen MR) is 87.4 cm³/mol. The summed E-state index contributed by atoms with van der Waals surface area (Å²) in [6.07, 6.45) is 5.22. The van der Waals surface area contributed by atoms with Gasteiger partial charge < -0.3 is 15.0 Å². The summed E-state index contributed by atoms with van der Waals surface area (Å²) in [5.41, 5.74) is 1.07. The molecule has 1 amide bonds. The van der Waals surface area contributed by atoms with Crippen LogP contribution in [0.3, 0.4) is 0 Å². The summed E-state index contributed by atoms with van der Waals surface area (Å²) in [6.45, 7) is 2.68. The second-order valence-corrected chi connectivity index (χ2v) is 5.64. The van der Waals surface area contributed by atoms with Crippen molar-refractivity contribution in [3.05, 3.63) is 60.4 Å². The van der Waals surface area contributed by atoms with E-state index in [9.17, 15) is 9.90 Å². The summed E-state index contributed by atoms with van der Waals surface area (Å²) in [5, 5.41) is 13.1. The van der Waals surface area contributed by atoms with Crippen molar-refractivity contribution in [2.24, 2.45) is 0 Å². The Balaban J connectivity index is 1.68. The van der Waals surface area contributed by atoms with Crippen molar-refractivity contribution in [2.45, 2.75) is 44.9 Å². The molecule has 22 heavy (non-hydrogen) atoms. The molecule has 2 unspecified atom stereocenters. The maximum absolute atomic E-state index is 11.9. The SMILES string of the molecule is CC(NC(=O)CCCn1cccc1)C(O)Cc1ccccc1. The van der Waals surface area contributed by atoms with Gasteiger partial charge in [-0.2, -0.15) is 0 Å². The molecular formula is C18H24N2O2. The van der Waals surface area contributed by atoms with Crippen molar-refractivity contribution in [3.8, 4) is 0 Å². The van der Waals surface area contributed by atoms with Crippen molar-refractivity contribution < 1.29 is 9.90 Å². The van der Waals surface area contributed by atoms with E-state index in [1.807, 2.05) is 61.8 Å². The van der Waals surface area contributed by atoms with Gasteiger partial charge in [-0.25, -0.2) is 0 Å². The Morgan fingerprint density at radius 3 is 2.55 bits per heavy atom. The van der Waals surface area contributed by atoms with Crippen molar-refractivity contribution >= 4 is 5.91 Å². The fourth-order valence-electron chi connectivity index (χ4n) is 2.40. The van der Waals surface area contributed by atoms with Gasteiger partial charge in [-0.3, -0.25) is 4.79 Å². The molecule has 0 saturated heterocycles. The standard InChI is InChI=1S/C18H24N2O2/c1-15(17(21)14-16-8-3-2-4-9-16)19-18(22)10-7-13-20-11-5-6-12-20/h2-6,8-9,11-12,15,17,21H,7,10,13-14H2,1H3,(H,19,22). The second-order valence-electron chi connectivity index (χ2n) is 5.64. The Morgan fingerprint density at radius 2 is 1.86 bits per heavy atom. The largest absolute Gasteiger partial charge is 0.391 e. The molecule has 0 aliphatic heterocycles. The van der Waals surface area contributed by atoms with Gasteiger partial charge in [-0.05, 0) is 31.0 Å². The van der Waals surface area contributed by atoms with Gasteiger partial charge in [0.1, 0.15) is 0 Å². The zero-order valence-corrected chi connectivity index (χ0v) is 13.0. The third-order valence-corrected chi connectivity index (χ3v) is 3.74. The minimum absolute atomic E-state index is 0.00762. The average Bonchev–Trinajstić information content (AvgIpc) is 3.01. The highest BCUT2D eigenvalue weighted by Crippen LogP contribution is 2.06. The summed E-state index contributed by atoms with van der Waals surface area (Å²) in [4.78, 5) is 11.9. The average molecular weight is 300 g/mol. The number of carbonyl (C=O) groups excluding carboxylic acids is 1. The van der Waals surface area contributed by atoms with Gasteiger partial charge in [-0.15, -0.1) is 0 Å². The van der Waals surface area contributed by atoms with E-state index < -0.39 is 6.10 Å². The van der Waals surface area contributed by atoms with Gasteiger partial charge in [0.25, 0.3) is 0 Å². The number of rotatable bonds is 8. The van der Waals surface area contributed by atoms with Gasteiger partial charge in [0, 0.05) is 31.8 Å². The summed E-state index contributed by atoms with van der Waals surface area (Å²) in [5.74, 6) is -0.00762. The highest BCUT2D eigenvalue weighted by Gasteiger charge is 2.16. The number of aromatic nitrogens is 1. The number of benzene rings is 1. The van der Waals surface area contributed by atoms with Crippen LogP contribution in [0.2, 0.25) is 0 Å². The Hall–Kier alpha value is -2.07. The maximum Gasteiger partial charge on any atom is 0.220 e. The lowest BCUT2D eigenvalue weighted by Crippen LogP contribution is -2.42. The Labute approximate surface area is 131 Å². The number of aryl methyl sites for hydroxylation is 1. The first-order valence-corrected chi connectivity index (χ1v) is 7.77.